The molecule has 37 heavy (non-hydrogen) atoms. The molecule has 0 radical (unpaired) electrons. The molecule has 2 aliphatic heterocycles. The van der Waals surface area contributed by atoms with E-state index in [4.69, 9.17) is 15.4 Å². The van der Waals surface area contributed by atoms with Crippen LogP contribution in [0.15, 0.2) is 59.5 Å². The summed E-state index contributed by atoms with van der Waals surface area (Å²) >= 11 is 1.62. The van der Waals surface area contributed by atoms with Gasteiger partial charge in [0.1, 0.15) is 0 Å². The molecule has 11 heteroatoms. The van der Waals surface area contributed by atoms with Crippen molar-refractivity contribution in [1.29, 1.82) is 0 Å². The van der Waals surface area contributed by atoms with Gasteiger partial charge in [-0.3, -0.25) is 9.59 Å². The zero-order valence-electron chi connectivity index (χ0n) is 20.6. The average molecular weight is 566 g/mol. The first-order valence-corrected chi connectivity index (χ1v) is 15.5. The van der Waals surface area contributed by atoms with E-state index in [0.29, 0.717) is 13.1 Å². The lowest BCUT2D eigenvalue weighted by atomic mass is 9.77. The minimum absolute atomic E-state index is 0.0494. The van der Waals surface area contributed by atoms with Crippen molar-refractivity contribution in [2.45, 2.75) is 43.2 Å². The van der Waals surface area contributed by atoms with Crippen LogP contribution < -0.4 is 5.32 Å². The number of rotatable bonds is 11. The highest BCUT2D eigenvalue weighted by atomic mass is 35.7. The van der Waals surface area contributed by atoms with E-state index in [1.807, 2.05) is 22.4 Å². The molecule has 2 fully saturated rings. The Balaban J connectivity index is 1.28. The molecule has 1 aromatic heterocycles. The van der Waals surface area contributed by atoms with Gasteiger partial charge >= 0.3 is 0 Å². The number of nitrogens with one attached hydrogen (secondary N) is 1. The Kier molecular flexibility index (Phi) is 8.94. The number of ether oxygens (including phenoxy) is 1. The van der Waals surface area contributed by atoms with Gasteiger partial charge in [0.05, 0.1) is 22.6 Å². The second kappa shape index (κ2) is 12.0. The van der Waals surface area contributed by atoms with E-state index in [1.54, 1.807) is 23.5 Å². The van der Waals surface area contributed by atoms with Gasteiger partial charge in [0, 0.05) is 35.2 Å². The number of piperidine rings is 1. The van der Waals surface area contributed by atoms with Gasteiger partial charge in [-0.15, -0.1) is 11.3 Å². The maximum atomic E-state index is 13.4. The van der Waals surface area contributed by atoms with E-state index < -0.39 is 9.05 Å². The molecule has 1 spiro atoms. The fraction of sp³-hybridized carbons (Fsp3) is 0.462. The van der Waals surface area contributed by atoms with Crippen molar-refractivity contribution in [2.24, 2.45) is 5.41 Å². The first kappa shape index (κ1) is 27.6. The third kappa shape index (κ3) is 6.93. The fourth-order valence-corrected chi connectivity index (χ4v) is 6.73. The van der Waals surface area contributed by atoms with E-state index >= 15 is 0 Å². The predicted molar refractivity (Wildman–Crippen MR) is 144 cm³/mol. The molecule has 2 saturated heterocycles. The second-order valence-corrected chi connectivity index (χ2v) is 13.1. The molecular weight excluding hydrogens is 534 g/mol. The number of benzene rings is 1. The first-order valence-electron chi connectivity index (χ1n) is 12.3. The molecule has 2 aliphatic rings. The van der Waals surface area contributed by atoms with Crippen LogP contribution >= 0.6 is 22.0 Å². The van der Waals surface area contributed by atoms with Crippen LogP contribution in [-0.2, 0) is 29.9 Å². The molecule has 3 heterocycles. The maximum absolute atomic E-state index is 13.4. The summed E-state index contributed by atoms with van der Waals surface area (Å²) in [5, 5.41) is 5.07. The molecule has 200 valence electrons. The van der Waals surface area contributed by atoms with E-state index in [9.17, 15) is 18.0 Å². The molecule has 8 nitrogen and oxygen atoms in total. The van der Waals surface area contributed by atoms with Gasteiger partial charge in [-0.25, -0.2) is 8.42 Å². The van der Waals surface area contributed by atoms with E-state index in [-0.39, 0.29) is 34.8 Å². The Morgan fingerprint density at radius 3 is 2.51 bits per heavy atom. The second-order valence-electron chi connectivity index (χ2n) is 9.58. The van der Waals surface area contributed by atoms with Crippen LogP contribution in [0.3, 0.4) is 0 Å². The Bertz CT molecular complexity index is 1190. The molecule has 0 saturated carbocycles. The topological polar surface area (TPSA) is 96.0 Å². The lowest BCUT2D eigenvalue weighted by Crippen LogP contribution is -2.45. The predicted octanol–water partition coefficient (Wildman–Crippen LogP) is 3.90. The summed E-state index contributed by atoms with van der Waals surface area (Å²) in [6, 6.07) is 10.3. The van der Waals surface area contributed by atoms with Crippen LogP contribution in [0.2, 0.25) is 0 Å². The van der Waals surface area contributed by atoms with Crippen LogP contribution in [0, 0.1) is 5.41 Å². The number of carbonyl (C=O) groups is 2. The Labute approximate surface area is 226 Å². The lowest BCUT2D eigenvalue weighted by molar-refractivity contribution is -0.139. The maximum Gasteiger partial charge on any atom is 0.261 e. The van der Waals surface area contributed by atoms with Crippen LogP contribution in [0.5, 0.6) is 0 Å². The monoisotopic (exact) mass is 565 g/mol. The van der Waals surface area contributed by atoms with Crippen LogP contribution in [0.1, 0.15) is 42.2 Å². The van der Waals surface area contributed by atoms with Crippen molar-refractivity contribution >= 4 is 42.9 Å². The Morgan fingerprint density at radius 2 is 1.89 bits per heavy atom. The summed E-state index contributed by atoms with van der Waals surface area (Å²) in [6.45, 7) is 7.10. The number of nitrogens with zero attached hydrogens (tertiary/aromatic N) is 2. The van der Waals surface area contributed by atoms with Crippen molar-refractivity contribution < 1.29 is 22.7 Å². The molecule has 4 rings (SSSR count). The zero-order valence-corrected chi connectivity index (χ0v) is 23.0. The molecule has 2 aromatic rings. The number of halogens is 1. The summed E-state index contributed by atoms with van der Waals surface area (Å²) in [5.41, 5.74) is 0.561. The summed E-state index contributed by atoms with van der Waals surface area (Å²) < 4.78 is 28.0. The lowest BCUT2D eigenvalue weighted by Gasteiger charge is -2.38. The highest BCUT2D eigenvalue weighted by Gasteiger charge is 2.47. The van der Waals surface area contributed by atoms with Gasteiger partial charge in [0.25, 0.3) is 15.0 Å². The third-order valence-corrected chi connectivity index (χ3v) is 9.64. The minimum Gasteiger partial charge on any atom is -0.492 e. The summed E-state index contributed by atoms with van der Waals surface area (Å²) in [7, 11) is 1.64. The summed E-state index contributed by atoms with van der Waals surface area (Å²) in [4.78, 5) is 31.0. The van der Waals surface area contributed by atoms with Crippen molar-refractivity contribution in [2.75, 3.05) is 32.8 Å². The Morgan fingerprint density at radius 1 is 1.19 bits per heavy atom. The van der Waals surface area contributed by atoms with Gasteiger partial charge in [-0.2, -0.15) is 0 Å². The SMILES string of the molecule is C=COCC(=O)NC(CCN1CCC2(CC1)CCN(Cc1ccc(S(=O)(=O)Cl)cc1)C2=O)c1cccs1. The Hall–Kier alpha value is -2.40. The van der Waals surface area contributed by atoms with Crippen molar-refractivity contribution in [3.05, 3.63) is 65.1 Å². The summed E-state index contributed by atoms with van der Waals surface area (Å²) in [6.07, 6.45) is 4.51. The smallest absolute Gasteiger partial charge is 0.261 e. The van der Waals surface area contributed by atoms with Crippen molar-refractivity contribution in [3.63, 3.8) is 0 Å². The minimum atomic E-state index is -3.76. The normalized spacial score (nSPS) is 18.6. The van der Waals surface area contributed by atoms with Crippen molar-refractivity contribution in [3.8, 4) is 0 Å². The number of carbonyl (C=O) groups excluding carboxylic acids is 2. The average Bonchev–Trinajstić information content (AvgIpc) is 3.51. The number of hydrogen-bond acceptors (Lipinski definition) is 7. The molecular formula is C26H32ClN3O5S2. The third-order valence-electron chi connectivity index (χ3n) is 7.28. The molecule has 1 N–H and O–H groups in total. The molecule has 0 bridgehead atoms. The van der Waals surface area contributed by atoms with Crippen molar-refractivity contribution in [1.82, 2.24) is 15.1 Å². The van der Waals surface area contributed by atoms with Crippen LogP contribution in [-0.4, -0.2) is 62.8 Å². The van der Waals surface area contributed by atoms with E-state index in [0.717, 1.165) is 55.8 Å². The van der Waals surface area contributed by atoms with Crippen LogP contribution in [0.4, 0.5) is 0 Å². The first-order chi connectivity index (χ1) is 17.7. The number of amides is 2. The molecule has 1 atom stereocenters. The zero-order chi connectivity index (χ0) is 26.5. The molecule has 2 amide bonds. The number of likely N-dealkylation sites (tertiary alicyclic amines) is 2. The highest BCUT2D eigenvalue weighted by Crippen LogP contribution is 2.42. The standard InChI is InChI=1S/C26H32ClN3O5S2/c1-2-35-19-24(31)28-22(23-4-3-17-36-23)9-13-29-14-10-26(11-15-29)12-16-30(25(26)32)18-20-5-7-21(8-6-20)37(27,33)34/h2-8,17,22H,1,9-16,18-19H2,(H,28,31). The van der Waals surface area contributed by atoms with E-state index in [2.05, 4.69) is 16.8 Å². The molecule has 1 unspecified atom stereocenters. The van der Waals surface area contributed by atoms with Gasteiger partial charge in [-0.1, -0.05) is 24.8 Å². The van der Waals surface area contributed by atoms with Crippen LogP contribution in [0.25, 0.3) is 0 Å². The number of thiophene rings is 1. The fourth-order valence-electron chi connectivity index (χ4n) is 5.15. The quantitative estimate of drug-likeness (QED) is 0.328. The largest absolute Gasteiger partial charge is 0.492 e. The number of hydrogen-bond donors (Lipinski definition) is 1. The van der Waals surface area contributed by atoms with Gasteiger partial charge in [0.2, 0.25) is 5.91 Å². The van der Waals surface area contributed by atoms with E-state index in [1.165, 1.54) is 18.4 Å². The van der Waals surface area contributed by atoms with Gasteiger partial charge in [0.15, 0.2) is 6.61 Å². The highest BCUT2D eigenvalue weighted by molar-refractivity contribution is 8.13. The van der Waals surface area contributed by atoms with Gasteiger partial charge in [-0.05, 0) is 67.9 Å². The van der Waals surface area contributed by atoms with Gasteiger partial charge < -0.3 is 19.9 Å². The molecule has 1 aromatic carbocycles. The summed E-state index contributed by atoms with van der Waals surface area (Å²) in [5.74, 6) is 0.0126. The molecule has 0 aliphatic carbocycles.